The van der Waals surface area contributed by atoms with E-state index in [1.54, 1.807) is 0 Å². The number of hydrogen-bond acceptors (Lipinski definition) is 2. The Bertz CT molecular complexity index is 585. The van der Waals surface area contributed by atoms with Gasteiger partial charge >= 0.3 is 6.18 Å². The van der Waals surface area contributed by atoms with Crippen molar-refractivity contribution in [3.8, 4) is 11.3 Å². The average Bonchev–Trinajstić information content (AvgIpc) is 2.28. The van der Waals surface area contributed by atoms with Crippen LogP contribution in [0.5, 0.6) is 0 Å². The fourth-order valence-corrected chi connectivity index (χ4v) is 1.86. The third-order valence-electron chi connectivity index (χ3n) is 2.16. The van der Waals surface area contributed by atoms with Crippen LogP contribution in [0.3, 0.4) is 0 Å². The molecular weight excluding hydrogens is 288 g/mol. The molecule has 1 heterocycles. The molecule has 7 heteroatoms. The predicted molar refractivity (Wildman–Crippen MR) is 62.5 cm³/mol. The molecule has 0 unspecified atom stereocenters. The van der Waals surface area contributed by atoms with Gasteiger partial charge in [-0.15, -0.1) is 0 Å². The van der Waals surface area contributed by atoms with Gasteiger partial charge < -0.3 is 0 Å². The van der Waals surface area contributed by atoms with Gasteiger partial charge in [0.15, 0.2) is 0 Å². The maximum atomic E-state index is 12.5. The molecule has 0 fully saturated rings. The minimum Gasteiger partial charge on any atom is -0.236 e. The number of nitrogens with zero attached hydrogens (tertiary/aromatic N) is 2. The third-order valence-corrected chi connectivity index (χ3v) is 2.71. The second-order valence-corrected chi connectivity index (χ2v) is 4.25. The van der Waals surface area contributed by atoms with Crippen LogP contribution in [0.4, 0.5) is 13.2 Å². The predicted octanol–water partition coefficient (Wildman–Crippen LogP) is 4.47. The summed E-state index contributed by atoms with van der Waals surface area (Å²) in [5, 5.41) is 0.628. The molecule has 0 N–H and O–H groups in total. The van der Waals surface area contributed by atoms with Crippen molar-refractivity contribution < 1.29 is 13.2 Å². The van der Waals surface area contributed by atoms with Gasteiger partial charge in [0.05, 0.1) is 10.7 Å². The molecule has 0 saturated heterocycles. The zero-order valence-corrected chi connectivity index (χ0v) is 10.2. The van der Waals surface area contributed by atoms with Crippen LogP contribution in [0.1, 0.15) is 5.69 Å². The second-order valence-electron chi connectivity index (χ2n) is 3.41. The van der Waals surface area contributed by atoms with Crippen LogP contribution >= 0.6 is 23.2 Å². The van der Waals surface area contributed by atoms with Gasteiger partial charge in [-0.05, 0) is 24.3 Å². The zero-order valence-electron chi connectivity index (χ0n) is 8.67. The number of rotatable bonds is 1. The number of aromatic nitrogens is 2. The molecule has 0 radical (unpaired) electrons. The standard InChI is InChI=1S/C11H5Cl2F3N2/c12-6-1-2-7(8(13)3-6)9-4-10(11(14,15)16)18-5-17-9/h1-5H. The molecule has 2 nitrogen and oxygen atoms in total. The van der Waals surface area contributed by atoms with E-state index < -0.39 is 11.9 Å². The van der Waals surface area contributed by atoms with Crippen LogP contribution in [-0.2, 0) is 6.18 Å². The lowest BCUT2D eigenvalue weighted by Crippen LogP contribution is -2.08. The lowest BCUT2D eigenvalue weighted by atomic mass is 10.1. The highest BCUT2D eigenvalue weighted by molar-refractivity contribution is 6.36. The van der Waals surface area contributed by atoms with Crippen molar-refractivity contribution in [2.45, 2.75) is 6.18 Å². The van der Waals surface area contributed by atoms with E-state index >= 15 is 0 Å². The molecule has 94 valence electrons. The van der Waals surface area contributed by atoms with E-state index in [0.29, 0.717) is 10.6 Å². The fourth-order valence-electron chi connectivity index (χ4n) is 1.36. The molecule has 0 aliphatic rings. The third kappa shape index (κ3) is 2.73. The van der Waals surface area contributed by atoms with Gasteiger partial charge in [0.2, 0.25) is 0 Å². The van der Waals surface area contributed by atoms with Gasteiger partial charge in [-0.3, -0.25) is 0 Å². The van der Waals surface area contributed by atoms with Crippen LogP contribution in [0, 0.1) is 0 Å². The van der Waals surface area contributed by atoms with Gasteiger partial charge in [0, 0.05) is 10.6 Å². The largest absolute Gasteiger partial charge is 0.433 e. The molecule has 0 saturated carbocycles. The second kappa shape index (κ2) is 4.74. The van der Waals surface area contributed by atoms with Crippen LogP contribution in [0.2, 0.25) is 10.0 Å². The summed E-state index contributed by atoms with van der Waals surface area (Å²) in [6, 6.07) is 5.31. The number of alkyl halides is 3. The first-order valence-electron chi connectivity index (χ1n) is 4.72. The summed E-state index contributed by atoms with van der Waals surface area (Å²) in [6.07, 6.45) is -3.67. The van der Waals surface area contributed by atoms with Crippen molar-refractivity contribution in [2.75, 3.05) is 0 Å². The SMILES string of the molecule is FC(F)(F)c1cc(-c2ccc(Cl)cc2Cl)ncn1. The Morgan fingerprint density at radius 1 is 1.00 bits per heavy atom. The molecule has 1 aromatic carbocycles. The molecule has 0 aliphatic carbocycles. The fraction of sp³-hybridized carbons (Fsp3) is 0.0909. The molecule has 0 spiro atoms. The van der Waals surface area contributed by atoms with Crippen molar-refractivity contribution in [3.05, 3.63) is 46.3 Å². The van der Waals surface area contributed by atoms with Crippen LogP contribution in [0.25, 0.3) is 11.3 Å². The highest BCUT2D eigenvalue weighted by Crippen LogP contribution is 2.32. The highest BCUT2D eigenvalue weighted by atomic mass is 35.5. The summed E-state index contributed by atoms with van der Waals surface area (Å²) in [6.45, 7) is 0. The van der Waals surface area contributed by atoms with Crippen molar-refractivity contribution in [3.63, 3.8) is 0 Å². The molecule has 0 atom stereocenters. The maximum Gasteiger partial charge on any atom is 0.433 e. The first-order valence-corrected chi connectivity index (χ1v) is 5.48. The lowest BCUT2D eigenvalue weighted by molar-refractivity contribution is -0.141. The van der Waals surface area contributed by atoms with E-state index in [1.165, 1.54) is 18.2 Å². The Morgan fingerprint density at radius 2 is 1.72 bits per heavy atom. The summed E-state index contributed by atoms with van der Waals surface area (Å²) in [4.78, 5) is 6.95. The normalized spacial score (nSPS) is 11.6. The van der Waals surface area contributed by atoms with E-state index in [4.69, 9.17) is 23.2 Å². The topological polar surface area (TPSA) is 25.8 Å². The number of halogens is 5. The highest BCUT2D eigenvalue weighted by Gasteiger charge is 2.32. The summed E-state index contributed by atoms with van der Waals surface area (Å²) < 4.78 is 37.5. The van der Waals surface area contributed by atoms with Gasteiger partial charge in [-0.2, -0.15) is 13.2 Å². The Kier molecular flexibility index (Phi) is 3.45. The summed E-state index contributed by atoms with van der Waals surface area (Å²) in [5.74, 6) is 0. The maximum absolute atomic E-state index is 12.5. The van der Waals surface area contributed by atoms with E-state index in [0.717, 1.165) is 12.4 Å². The van der Waals surface area contributed by atoms with E-state index in [2.05, 4.69) is 9.97 Å². The first-order chi connectivity index (χ1) is 8.38. The monoisotopic (exact) mass is 292 g/mol. The molecule has 2 aromatic rings. The lowest BCUT2D eigenvalue weighted by Gasteiger charge is -2.08. The van der Waals surface area contributed by atoms with Crippen molar-refractivity contribution >= 4 is 23.2 Å². The van der Waals surface area contributed by atoms with Crippen molar-refractivity contribution in [2.24, 2.45) is 0 Å². The average molecular weight is 293 g/mol. The Balaban J connectivity index is 2.51. The minimum atomic E-state index is -4.52. The molecule has 0 aliphatic heterocycles. The summed E-state index contributed by atoms with van der Waals surface area (Å²) in [7, 11) is 0. The van der Waals surface area contributed by atoms with Gasteiger partial charge in [-0.25, -0.2) is 9.97 Å². The van der Waals surface area contributed by atoms with Crippen LogP contribution in [-0.4, -0.2) is 9.97 Å². The quantitative estimate of drug-likeness (QED) is 0.775. The first kappa shape index (κ1) is 13.1. The molecule has 2 rings (SSSR count). The minimum absolute atomic E-state index is 0.0963. The smallest absolute Gasteiger partial charge is 0.236 e. The summed E-state index contributed by atoms with van der Waals surface area (Å²) >= 11 is 11.6. The molecular formula is C11H5Cl2F3N2. The van der Waals surface area contributed by atoms with E-state index in [9.17, 15) is 13.2 Å². The van der Waals surface area contributed by atoms with Gasteiger partial charge in [0.1, 0.15) is 12.0 Å². The Morgan fingerprint density at radius 3 is 2.33 bits per heavy atom. The van der Waals surface area contributed by atoms with Crippen LogP contribution < -0.4 is 0 Å². The number of benzene rings is 1. The summed E-state index contributed by atoms with van der Waals surface area (Å²) in [5.41, 5.74) is -0.550. The molecule has 0 bridgehead atoms. The van der Waals surface area contributed by atoms with Crippen molar-refractivity contribution in [1.29, 1.82) is 0 Å². The zero-order chi connectivity index (χ0) is 13.3. The van der Waals surface area contributed by atoms with E-state index in [1.807, 2.05) is 0 Å². The molecule has 18 heavy (non-hydrogen) atoms. The van der Waals surface area contributed by atoms with Gasteiger partial charge in [0.25, 0.3) is 0 Å². The Hall–Kier alpha value is -1.33. The van der Waals surface area contributed by atoms with E-state index in [-0.39, 0.29) is 10.7 Å². The molecule has 1 aromatic heterocycles. The Labute approximate surface area is 110 Å². The van der Waals surface area contributed by atoms with Crippen LogP contribution in [0.15, 0.2) is 30.6 Å². The van der Waals surface area contributed by atoms with Crippen molar-refractivity contribution in [1.82, 2.24) is 9.97 Å². The van der Waals surface area contributed by atoms with Gasteiger partial charge in [-0.1, -0.05) is 23.2 Å². The molecule has 0 amide bonds. The number of hydrogen-bond donors (Lipinski definition) is 0.